The van der Waals surface area contributed by atoms with E-state index in [1.54, 1.807) is 32.8 Å². The van der Waals surface area contributed by atoms with Crippen molar-refractivity contribution in [3.8, 4) is 5.75 Å². The molecule has 6 nitrogen and oxygen atoms in total. The van der Waals surface area contributed by atoms with Gasteiger partial charge in [0.2, 0.25) is 0 Å². The van der Waals surface area contributed by atoms with E-state index in [-0.39, 0.29) is 12.0 Å². The van der Waals surface area contributed by atoms with E-state index in [1.165, 1.54) is 11.3 Å². The van der Waals surface area contributed by atoms with E-state index < -0.39 is 0 Å². The Balaban J connectivity index is 1.53. The van der Waals surface area contributed by atoms with E-state index in [0.717, 1.165) is 0 Å². The highest BCUT2D eigenvalue weighted by Crippen LogP contribution is 2.13. The van der Waals surface area contributed by atoms with Crippen LogP contribution in [0.2, 0.25) is 0 Å². The topological polar surface area (TPSA) is 62.7 Å². The fraction of sp³-hybridized carbons (Fsp3) is 0.267. The highest BCUT2D eigenvalue weighted by molar-refractivity contribution is 7.07. The Hall–Kier alpha value is -2.41. The number of benzene rings is 1. The minimum atomic E-state index is -0.382. The molecule has 1 fully saturated rings. The molecule has 0 N–H and O–H groups in total. The molecule has 114 valence electrons. The van der Waals surface area contributed by atoms with Gasteiger partial charge in [0.25, 0.3) is 5.91 Å². The summed E-state index contributed by atoms with van der Waals surface area (Å²) in [7, 11) is 0. The second kappa shape index (κ2) is 6.57. The fourth-order valence-electron chi connectivity index (χ4n) is 2.23. The van der Waals surface area contributed by atoms with Crippen LogP contribution in [0.15, 0.2) is 41.2 Å². The molecule has 0 saturated carbocycles. The van der Waals surface area contributed by atoms with Gasteiger partial charge in [-0.25, -0.2) is 9.78 Å². The van der Waals surface area contributed by atoms with Crippen LogP contribution >= 0.6 is 11.3 Å². The van der Waals surface area contributed by atoms with E-state index in [1.807, 2.05) is 18.2 Å². The van der Waals surface area contributed by atoms with Gasteiger partial charge in [0.05, 0.1) is 5.51 Å². The maximum Gasteiger partial charge on any atom is 0.415 e. The molecule has 0 unspecified atom stereocenters. The van der Waals surface area contributed by atoms with Gasteiger partial charge in [-0.05, 0) is 12.1 Å². The number of amides is 2. The van der Waals surface area contributed by atoms with Crippen molar-refractivity contribution >= 4 is 23.3 Å². The number of hydrogen-bond donors (Lipinski definition) is 0. The van der Waals surface area contributed by atoms with E-state index >= 15 is 0 Å². The van der Waals surface area contributed by atoms with Crippen LogP contribution in [0.25, 0.3) is 0 Å². The molecule has 7 heteroatoms. The van der Waals surface area contributed by atoms with Crippen LogP contribution in [0, 0.1) is 0 Å². The third-order valence-electron chi connectivity index (χ3n) is 3.42. The van der Waals surface area contributed by atoms with Crippen molar-refractivity contribution in [2.24, 2.45) is 0 Å². The average Bonchev–Trinajstić information content (AvgIpc) is 3.10. The molecule has 2 aromatic rings. The largest absolute Gasteiger partial charge is 0.415 e. The SMILES string of the molecule is O=C(Oc1ccccc1)N1CCN(C(=O)c2cscn2)CC1. The smallest absolute Gasteiger partial charge is 0.410 e. The van der Waals surface area contributed by atoms with Crippen molar-refractivity contribution in [3.63, 3.8) is 0 Å². The molecule has 22 heavy (non-hydrogen) atoms. The molecule has 2 heterocycles. The molecular weight excluding hydrogens is 302 g/mol. The standard InChI is InChI=1S/C15H15N3O3S/c19-14(13-10-22-11-16-13)17-6-8-18(9-7-17)15(20)21-12-4-2-1-3-5-12/h1-5,10-11H,6-9H2. The number of nitrogens with zero attached hydrogens (tertiary/aromatic N) is 3. The molecule has 0 spiro atoms. The second-order valence-electron chi connectivity index (χ2n) is 4.83. The third-order valence-corrected chi connectivity index (χ3v) is 4.01. The molecule has 1 aliphatic rings. The average molecular weight is 317 g/mol. The van der Waals surface area contributed by atoms with Gasteiger partial charge < -0.3 is 14.5 Å². The highest BCUT2D eigenvalue weighted by Gasteiger charge is 2.26. The zero-order valence-corrected chi connectivity index (χ0v) is 12.7. The number of piperazine rings is 1. The molecule has 1 aromatic carbocycles. The van der Waals surface area contributed by atoms with Gasteiger partial charge in [-0.3, -0.25) is 4.79 Å². The van der Waals surface area contributed by atoms with Crippen molar-refractivity contribution in [1.82, 2.24) is 14.8 Å². The minimum absolute atomic E-state index is 0.0858. The van der Waals surface area contributed by atoms with Crippen LogP contribution < -0.4 is 4.74 Å². The molecule has 1 aromatic heterocycles. The molecule has 0 aliphatic carbocycles. The van der Waals surface area contributed by atoms with Gasteiger partial charge in [0.1, 0.15) is 11.4 Å². The van der Waals surface area contributed by atoms with Crippen LogP contribution in [-0.4, -0.2) is 53.0 Å². The Morgan fingerprint density at radius 1 is 1.05 bits per heavy atom. The zero-order valence-electron chi connectivity index (χ0n) is 11.8. The summed E-state index contributed by atoms with van der Waals surface area (Å²) in [6, 6.07) is 8.96. The molecule has 1 aliphatic heterocycles. The lowest BCUT2D eigenvalue weighted by Gasteiger charge is -2.33. The van der Waals surface area contributed by atoms with Crippen molar-refractivity contribution in [1.29, 1.82) is 0 Å². The van der Waals surface area contributed by atoms with E-state index in [4.69, 9.17) is 4.74 Å². The first kappa shape index (κ1) is 14.5. The van der Waals surface area contributed by atoms with Crippen LogP contribution in [0.4, 0.5) is 4.79 Å². The number of ether oxygens (including phenoxy) is 1. The van der Waals surface area contributed by atoms with Gasteiger partial charge in [-0.2, -0.15) is 0 Å². The number of para-hydroxylation sites is 1. The van der Waals surface area contributed by atoms with Gasteiger partial charge >= 0.3 is 6.09 Å². The van der Waals surface area contributed by atoms with Gasteiger partial charge in [0, 0.05) is 31.6 Å². The fourth-order valence-corrected chi connectivity index (χ4v) is 2.75. The van der Waals surface area contributed by atoms with Crippen LogP contribution in [-0.2, 0) is 0 Å². The van der Waals surface area contributed by atoms with E-state index in [9.17, 15) is 9.59 Å². The number of thiazole rings is 1. The number of carbonyl (C=O) groups is 2. The molecule has 2 amide bonds. The number of hydrogen-bond acceptors (Lipinski definition) is 5. The number of carbonyl (C=O) groups excluding carboxylic acids is 2. The first-order valence-corrected chi connectivity index (χ1v) is 7.87. The maximum absolute atomic E-state index is 12.2. The van der Waals surface area contributed by atoms with E-state index in [2.05, 4.69) is 4.98 Å². The predicted molar refractivity (Wildman–Crippen MR) is 82.1 cm³/mol. The van der Waals surface area contributed by atoms with Crippen LogP contribution in [0.1, 0.15) is 10.5 Å². The molecule has 0 atom stereocenters. The Labute approximate surface area is 131 Å². The van der Waals surface area contributed by atoms with Crippen molar-refractivity contribution in [3.05, 3.63) is 46.9 Å². The maximum atomic E-state index is 12.2. The monoisotopic (exact) mass is 317 g/mol. The summed E-state index contributed by atoms with van der Waals surface area (Å²) in [4.78, 5) is 31.6. The Bertz CT molecular complexity index is 637. The molecule has 3 rings (SSSR count). The quantitative estimate of drug-likeness (QED) is 0.851. The first-order valence-electron chi connectivity index (χ1n) is 6.93. The summed E-state index contributed by atoms with van der Waals surface area (Å²) in [5.74, 6) is 0.436. The third kappa shape index (κ3) is 3.25. The zero-order chi connectivity index (χ0) is 15.4. The van der Waals surface area contributed by atoms with Gasteiger partial charge in [-0.1, -0.05) is 18.2 Å². The first-order chi connectivity index (χ1) is 10.7. The summed E-state index contributed by atoms with van der Waals surface area (Å²) < 4.78 is 5.29. The lowest BCUT2D eigenvalue weighted by atomic mass is 10.3. The summed E-state index contributed by atoms with van der Waals surface area (Å²) in [5, 5.41) is 1.73. The summed E-state index contributed by atoms with van der Waals surface area (Å²) in [6.45, 7) is 1.89. The van der Waals surface area contributed by atoms with Crippen molar-refractivity contribution in [2.75, 3.05) is 26.2 Å². The van der Waals surface area contributed by atoms with Crippen molar-refractivity contribution in [2.45, 2.75) is 0 Å². The molecule has 0 radical (unpaired) electrons. The van der Waals surface area contributed by atoms with Crippen LogP contribution in [0.3, 0.4) is 0 Å². The molecule has 1 saturated heterocycles. The predicted octanol–water partition coefficient (Wildman–Crippen LogP) is 2.10. The van der Waals surface area contributed by atoms with Gasteiger partial charge in [-0.15, -0.1) is 11.3 Å². The minimum Gasteiger partial charge on any atom is -0.410 e. The lowest BCUT2D eigenvalue weighted by Crippen LogP contribution is -2.51. The van der Waals surface area contributed by atoms with E-state index in [0.29, 0.717) is 37.6 Å². The lowest BCUT2D eigenvalue weighted by molar-refractivity contribution is 0.0629. The van der Waals surface area contributed by atoms with Crippen LogP contribution in [0.5, 0.6) is 5.75 Å². The molecular formula is C15H15N3O3S. The normalized spacial score (nSPS) is 14.7. The summed E-state index contributed by atoms with van der Waals surface area (Å²) in [6.07, 6.45) is -0.382. The summed E-state index contributed by atoms with van der Waals surface area (Å²) in [5.41, 5.74) is 2.10. The summed E-state index contributed by atoms with van der Waals surface area (Å²) >= 11 is 1.40. The van der Waals surface area contributed by atoms with Crippen molar-refractivity contribution < 1.29 is 14.3 Å². The van der Waals surface area contributed by atoms with Gasteiger partial charge in [0.15, 0.2) is 0 Å². The number of aromatic nitrogens is 1. The Morgan fingerprint density at radius 3 is 2.36 bits per heavy atom. The second-order valence-corrected chi connectivity index (χ2v) is 5.55. The Kier molecular flexibility index (Phi) is 4.34. The number of rotatable bonds is 2. The Morgan fingerprint density at radius 2 is 1.73 bits per heavy atom. The highest BCUT2D eigenvalue weighted by atomic mass is 32.1. The molecule has 0 bridgehead atoms.